The number of phenolic OH excluding ortho intramolecular Hbond substituents is 1. The van der Waals surface area contributed by atoms with Crippen molar-refractivity contribution < 1.29 is 5.11 Å². The lowest BCUT2D eigenvalue weighted by Gasteiger charge is -2.11. The fourth-order valence-corrected chi connectivity index (χ4v) is 2.51. The van der Waals surface area contributed by atoms with E-state index in [0.29, 0.717) is 21.9 Å². The molecule has 0 atom stereocenters. The van der Waals surface area contributed by atoms with Gasteiger partial charge in [-0.05, 0) is 30.7 Å². The van der Waals surface area contributed by atoms with Gasteiger partial charge in [0.25, 0.3) is 0 Å². The number of hydrogen-bond acceptors (Lipinski definition) is 4. The highest BCUT2D eigenvalue weighted by molar-refractivity contribution is 6.29. The third-order valence-electron chi connectivity index (χ3n) is 3.36. The SMILES string of the molecule is Cc1ccc(O)cc1-n1c(N)c(C#N)c2nc(Cl)ccc21. The molecule has 0 aliphatic rings. The van der Waals surface area contributed by atoms with Crippen LogP contribution in [0.15, 0.2) is 30.3 Å². The summed E-state index contributed by atoms with van der Waals surface area (Å²) in [5.41, 5.74) is 9.10. The largest absolute Gasteiger partial charge is 0.508 e. The first-order chi connectivity index (χ1) is 10.0. The Balaban J connectivity index is 2.46. The number of nitrogen functional groups attached to an aromatic ring is 1. The minimum absolute atomic E-state index is 0.122. The molecule has 3 N–H and O–H groups in total. The van der Waals surface area contributed by atoms with Gasteiger partial charge in [-0.3, -0.25) is 4.57 Å². The van der Waals surface area contributed by atoms with E-state index in [-0.39, 0.29) is 17.1 Å². The number of benzene rings is 1. The maximum atomic E-state index is 9.71. The lowest BCUT2D eigenvalue weighted by molar-refractivity contribution is 0.475. The monoisotopic (exact) mass is 298 g/mol. The molecular weight excluding hydrogens is 288 g/mol. The summed E-state index contributed by atoms with van der Waals surface area (Å²) in [6.07, 6.45) is 0. The van der Waals surface area contributed by atoms with E-state index < -0.39 is 0 Å². The minimum Gasteiger partial charge on any atom is -0.508 e. The van der Waals surface area contributed by atoms with Gasteiger partial charge in [0, 0.05) is 6.07 Å². The molecule has 2 heterocycles. The summed E-state index contributed by atoms with van der Waals surface area (Å²) in [7, 11) is 0. The Labute approximate surface area is 125 Å². The summed E-state index contributed by atoms with van der Waals surface area (Å²) in [6.45, 7) is 1.90. The minimum atomic E-state index is 0.122. The molecule has 21 heavy (non-hydrogen) atoms. The van der Waals surface area contributed by atoms with Crippen LogP contribution in [-0.4, -0.2) is 14.7 Å². The summed E-state index contributed by atoms with van der Waals surface area (Å²) >= 11 is 5.90. The van der Waals surface area contributed by atoms with Gasteiger partial charge in [-0.1, -0.05) is 17.7 Å². The van der Waals surface area contributed by atoms with Gasteiger partial charge in [-0.2, -0.15) is 5.26 Å². The Bertz CT molecular complexity index is 908. The number of phenols is 1. The molecule has 0 unspecified atom stereocenters. The lowest BCUT2D eigenvalue weighted by Crippen LogP contribution is -2.02. The number of hydrogen-bond donors (Lipinski definition) is 2. The van der Waals surface area contributed by atoms with Crippen molar-refractivity contribution in [3.8, 4) is 17.5 Å². The second-order valence-corrected chi connectivity index (χ2v) is 5.07. The van der Waals surface area contributed by atoms with E-state index in [9.17, 15) is 10.4 Å². The highest BCUT2D eigenvalue weighted by Gasteiger charge is 2.18. The number of aryl methyl sites for hydroxylation is 1. The molecule has 0 spiro atoms. The maximum absolute atomic E-state index is 9.71. The molecule has 0 fully saturated rings. The van der Waals surface area contributed by atoms with Gasteiger partial charge in [0.1, 0.15) is 33.9 Å². The van der Waals surface area contributed by atoms with E-state index in [0.717, 1.165) is 5.56 Å². The average Bonchev–Trinajstić information content (AvgIpc) is 2.72. The van der Waals surface area contributed by atoms with E-state index >= 15 is 0 Å². The van der Waals surface area contributed by atoms with Crippen LogP contribution < -0.4 is 5.73 Å². The predicted molar refractivity (Wildman–Crippen MR) is 81.6 cm³/mol. The first kappa shape index (κ1) is 13.3. The van der Waals surface area contributed by atoms with Crippen LogP contribution in [-0.2, 0) is 0 Å². The van der Waals surface area contributed by atoms with Gasteiger partial charge in [0.05, 0.1) is 11.2 Å². The van der Waals surface area contributed by atoms with Crippen molar-refractivity contribution in [1.82, 2.24) is 9.55 Å². The van der Waals surface area contributed by atoms with E-state index in [1.165, 1.54) is 0 Å². The van der Waals surface area contributed by atoms with Crippen molar-refractivity contribution >= 4 is 28.5 Å². The van der Waals surface area contributed by atoms with Gasteiger partial charge in [0.15, 0.2) is 0 Å². The van der Waals surface area contributed by atoms with E-state index in [1.807, 2.05) is 6.92 Å². The molecule has 5 nitrogen and oxygen atoms in total. The standard InChI is InChI=1S/C15H11ClN4O/c1-8-2-3-9(21)6-12(8)20-11-4-5-13(16)19-14(11)10(7-17)15(20)18/h2-6,21H,18H2,1H3. The Morgan fingerprint density at radius 2 is 2.10 bits per heavy atom. The highest BCUT2D eigenvalue weighted by Crippen LogP contribution is 2.33. The first-order valence-electron chi connectivity index (χ1n) is 6.19. The van der Waals surface area contributed by atoms with Crippen LogP contribution in [0.2, 0.25) is 5.15 Å². The van der Waals surface area contributed by atoms with Crippen LogP contribution in [0.1, 0.15) is 11.1 Å². The topological polar surface area (TPSA) is 87.9 Å². The molecule has 0 radical (unpaired) electrons. The normalized spacial score (nSPS) is 10.7. The highest BCUT2D eigenvalue weighted by atomic mass is 35.5. The third-order valence-corrected chi connectivity index (χ3v) is 3.57. The number of aromatic hydroxyl groups is 1. The zero-order valence-electron chi connectivity index (χ0n) is 11.1. The predicted octanol–water partition coefficient (Wildman–Crippen LogP) is 3.15. The number of anilines is 1. The fraction of sp³-hybridized carbons (Fsp3) is 0.0667. The summed E-state index contributed by atoms with van der Waals surface area (Å²) in [5.74, 6) is 0.397. The van der Waals surface area contributed by atoms with E-state index in [2.05, 4.69) is 11.1 Å². The number of nitrogens with two attached hydrogens (primary N) is 1. The van der Waals surface area contributed by atoms with Crippen LogP contribution in [0.4, 0.5) is 5.82 Å². The van der Waals surface area contributed by atoms with Crippen LogP contribution in [0.5, 0.6) is 5.75 Å². The van der Waals surface area contributed by atoms with Crippen LogP contribution >= 0.6 is 11.6 Å². The summed E-state index contributed by atoms with van der Waals surface area (Å²) in [5, 5.41) is 19.3. The van der Waals surface area contributed by atoms with Crippen molar-refractivity contribution in [1.29, 1.82) is 5.26 Å². The Kier molecular flexibility index (Phi) is 2.96. The third kappa shape index (κ3) is 1.97. The van der Waals surface area contributed by atoms with Gasteiger partial charge < -0.3 is 10.8 Å². The Hall–Kier alpha value is -2.71. The quantitative estimate of drug-likeness (QED) is 0.676. The number of nitriles is 1. The molecule has 0 amide bonds. The zero-order chi connectivity index (χ0) is 15.1. The number of pyridine rings is 1. The molecule has 0 saturated heterocycles. The van der Waals surface area contributed by atoms with Gasteiger partial charge in [0.2, 0.25) is 0 Å². The molecule has 0 saturated carbocycles. The number of fused-ring (bicyclic) bond motifs is 1. The molecule has 3 rings (SSSR count). The van der Waals surface area contributed by atoms with Crippen molar-refractivity contribution in [2.45, 2.75) is 6.92 Å². The molecule has 3 aromatic rings. The Morgan fingerprint density at radius 3 is 2.81 bits per heavy atom. The number of rotatable bonds is 1. The fourth-order valence-electron chi connectivity index (χ4n) is 2.36. The number of halogens is 1. The summed E-state index contributed by atoms with van der Waals surface area (Å²) in [6, 6.07) is 10.4. The number of aromatic nitrogens is 2. The maximum Gasteiger partial charge on any atom is 0.129 e. The van der Waals surface area contributed by atoms with Crippen LogP contribution in [0.25, 0.3) is 16.7 Å². The summed E-state index contributed by atoms with van der Waals surface area (Å²) < 4.78 is 1.70. The van der Waals surface area contributed by atoms with E-state index in [1.54, 1.807) is 34.9 Å². The zero-order valence-corrected chi connectivity index (χ0v) is 11.9. The molecule has 104 valence electrons. The van der Waals surface area contributed by atoms with Crippen molar-refractivity contribution in [3.63, 3.8) is 0 Å². The van der Waals surface area contributed by atoms with Crippen molar-refractivity contribution in [2.75, 3.05) is 5.73 Å². The van der Waals surface area contributed by atoms with Gasteiger partial charge in [-0.25, -0.2) is 4.98 Å². The van der Waals surface area contributed by atoms with Crippen LogP contribution in [0.3, 0.4) is 0 Å². The van der Waals surface area contributed by atoms with E-state index in [4.69, 9.17) is 17.3 Å². The second kappa shape index (κ2) is 4.69. The lowest BCUT2D eigenvalue weighted by atomic mass is 10.2. The molecule has 6 heteroatoms. The molecule has 2 aromatic heterocycles. The molecule has 0 aliphatic carbocycles. The molecule has 0 aliphatic heterocycles. The van der Waals surface area contributed by atoms with Crippen molar-refractivity contribution in [2.24, 2.45) is 0 Å². The van der Waals surface area contributed by atoms with Crippen LogP contribution in [0, 0.1) is 18.3 Å². The average molecular weight is 299 g/mol. The van der Waals surface area contributed by atoms with Gasteiger partial charge in [-0.15, -0.1) is 0 Å². The Morgan fingerprint density at radius 1 is 1.33 bits per heavy atom. The second-order valence-electron chi connectivity index (χ2n) is 4.68. The molecule has 0 bridgehead atoms. The number of nitrogens with zero attached hydrogens (tertiary/aromatic N) is 3. The smallest absolute Gasteiger partial charge is 0.129 e. The van der Waals surface area contributed by atoms with Gasteiger partial charge >= 0.3 is 0 Å². The van der Waals surface area contributed by atoms with Crippen molar-refractivity contribution in [3.05, 3.63) is 46.6 Å². The molecule has 1 aromatic carbocycles. The first-order valence-corrected chi connectivity index (χ1v) is 6.57. The summed E-state index contributed by atoms with van der Waals surface area (Å²) in [4.78, 5) is 4.19. The molecular formula is C15H11ClN4O.